The van der Waals surface area contributed by atoms with Crippen molar-refractivity contribution in [2.24, 2.45) is 0 Å². The maximum Gasteiger partial charge on any atom is 0.413 e. The Morgan fingerprint density at radius 3 is 3.00 bits per heavy atom. The highest BCUT2D eigenvalue weighted by Gasteiger charge is 2.09. The van der Waals surface area contributed by atoms with Gasteiger partial charge in [-0.1, -0.05) is 6.08 Å². The Labute approximate surface area is 138 Å². The monoisotopic (exact) mass is 393 g/mol. The molecule has 0 aliphatic carbocycles. The minimum Gasteiger partial charge on any atom is -0.445 e. The first-order valence-electron chi connectivity index (χ1n) is 5.53. The second kappa shape index (κ2) is 9.55. The van der Waals surface area contributed by atoms with Crippen LogP contribution in [0.1, 0.15) is 5.69 Å². The van der Waals surface area contributed by atoms with Gasteiger partial charge in [-0.25, -0.2) is 15.3 Å². The fourth-order valence-corrected chi connectivity index (χ4v) is 2.03. The molecule has 1 aromatic heterocycles. The van der Waals surface area contributed by atoms with Crippen LogP contribution < -0.4 is 10.8 Å². The molecule has 0 saturated carbocycles. The number of hydrogen-bond donors (Lipinski definition) is 4. The van der Waals surface area contributed by atoms with Crippen LogP contribution in [0.3, 0.4) is 0 Å². The number of rotatable bonds is 6. The number of amides is 2. The SMILES string of the molecule is O=C(Cc1csc(NC(=O)OC/C=C/C=C(\S)Br)n1)NO. The van der Waals surface area contributed by atoms with E-state index in [4.69, 9.17) is 9.94 Å². The van der Waals surface area contributed by atoms with E-state index < -0.39 is 12.0 Å². The molecule has 0 saturated heterocycles. The molecule has 0 unspecified atom stereocenters. The molecule has 0 bridgehead atoms. The van der Waals surface area contributed by atoms with Gasteiger partial charge in [0.2, 0.25) is 5.91 Å². The summed E-state index contributed by atoms with van der Waals surface area (Å²) < 4.78 is 5.54. The van der Waals surface area contributed by atoms with Crippen molar-refractivity contribution in [3.05, 3.63) is 33.1 Å². The number of hydroxylamine groups is 1. The number of nitrogens with zero attached hydrogens (tertiary/aromatic N) is 1. The number of ether oxygens (including phenoxy) is 1. The van der Waals surface area contributed by atoms with Gasteiger partial charge in [-0.3, -0.25) is 15.3 Å². The van der Waals surface area contributed by atoms with E-state index in [1.807, 2.05) is 0 Å². The number of nitrogens with one attached hydrogen (secondary N) is 2. The normalized spacial score (nSPS) is 11.5. The summed E-state index contributed by atoms with van der Waals surface area (Å²) >= 11 is 8.27. The highest BCUT2D eigenvalue weighted by molar-refractivity contribution is 9.13. The predicted octanol–water partition coefficient (Wildman–Crippen LogP) is 2.46. The first kappa shape index (κ1) is 17.7. The van der Waals surface area contributed by atoms with Gasteiger partial charge in [0.25, 0.3) is 0 Å². The van der Waals surface area contributed by atoms with E-state index in [1.54, 1.807) is 23.6 Å². The molecule has 0 atom stereocenters. The molecule has 1 aromatic rings. The summed E-state index contributed by atoms with van der Waals surface area (Å²) in [5.41, 5.74) is 1.94. The molecule has 21 heavy (non-hydrogen) atoms. The smallest absolute Gasteiger partial charge is 0.413 e. The maximum atomic E-state index is 11.4. The second-order valence-electron chi connectivity index (χ2n) is 3.50. The van der Waals surface area contributed by atoms with Crippen LogP contribution >= 0.6 is 39.9 Å². The van der Waals surface area contributed by atoms with Crippen LogP contribution in [0.25, 0.3) is 0 Å². The number of anilines is 1. The van der Waals surface area contributed by atoms with Crippen LogP contribution in [-0.4, -0.2) is 28.8 Å². The lowest BCUT2D eigenvalue weighted by atomic mass is 10.3. The lowest BCUT2D eigenvalue weighted by molar-refractivity contribution is -0.128. The molecule has 3 N–H and O–H groups in total. The summed E-state index contributed by atoms with van der Waals surface area (Å²) in [7, 11) is 0. The molecule has 0 radical (unpaired) electrons. The molecule has 7 nitrogen and oxygen atoms in total. The lowest BCUT2D eigenvalue weighted by Crippen LogP contribution is -2.20. The van der Waals surface area contributed by atoms with Crippen LogP contribution in [-0.2, 0) is 16.0 Å². The van der Waals surface area contributed by atoms with Gasteiger partial charge in [-0.05, 0) is 28.1 Å². The summed E-state index contributed by atoms with van der Waals surface area (Å²) in [4.78, 5) is 26.4. The standard InChI is InChI=1S/C11H12BrN3O4S2/c12-8(20)3-1-2-4-19-11(17)14-10-13-7(6-21-10)5-9(16)15-18/h1-3,6,18,20H,4-5H2,(H,15,16)(H,13,14,17)/b2-1+,8-3-. The van der Waals surface area contributed by atoms with Crippen LogP contribution in [0.2, 0.25) is 0 Å². The van der Waals surface area contributed by atoms with Crippen molar-refractivity contribution in [2.75, 3.05) is 11.9 Å². The quantitative estimate of drug-likeness (QED) is 0.257. The Morgan fingerprint density at radius 2 is 2.33 bits per heavy atom. The summed E-state index contributed by atoms with van der Waals surface area (Å²) in [6.45, 7) is 0.0988. The van der Waals surface area contributed by atoms with Crippen LogP contribution in [0, 0.1) is 0 Å². The van der Waals surface area contributed by atoms with E-state index in [0.717, 1.165) is 11.3 Å². The number of carbonyl (C=O) groups excluding carboxylic acids is 2. The fraction of sp³-hybridized carbons (Fsp3) is 0.182. The Hall–Kier alpha value is -1.36. The Morgan fingerprint density at radius 1 is 1.57 bits per heavy atom. The van der Waals surface area contributed by atoms with Gasteiger partial charge in [0.15, 0.2) is 5.13 Å². The van der Waals surface area contributed by atoms with Crippen molar-refractivity contribution in [3.63, 3.8) is 0 Å². The average molecular weight is 394 g/mol. The molecule has 0 aliphatic heterocycles. The van der Waals surface area contributed by atoms with Crippen molar-refractivity contribution in [2.45, 2.75) is 6.42 Å². The van der Waals surface area contributed by atoms with Gasteiger partial charge in [-0.15, -0.1) is 24.0 Å². The third-order valence-electron chi connectivity index (χ3n) is 1.91. The van der Waals surface area contributed by atoms with E-state index in [2.05, 4.69) is 38.9 Å². The minimum absolute atomic E-state index is 0.0720. The summed E-state index contributed by atoms with van der Waals surface area (Å²) in [6.07, 6.45) is 4.28. The number of allylic oxidation sites excluding steroid dienone is 2. The van der Waals surface area contributed by atoms with Crippen molar-refractivity contribution in [1.29, 1.82) is 0 Å². The van der Waals surface area contributed by atoms with Gasteiger partial charge in [-0.2, -0.15) is 0 Å². The molecule has 0 aromatic carbocycles. The molecule has 1 heterocycles. The van der Waals surface area contributed by atoms with Crippen LogP contribution in [0.5, 0.6) is 0 Å². The third kappa shape index (κ3) is 7.85. The van der Waals surface area contributed by atoms with Crippen molar-refractivity contribution < 1.29 is 19.5 Å². The molecular formula is C11H12BrN3O4S2. The average Bonchev–Trinajstić information content (AvgIpc) is 2.84. The number of carbonyl (C=O) groups is 2. The first-order valence-corrected chi connectivity index (χ1v) is 7.65. The van der Waals surface area contributed by atoms with E-state index in [9.17, 15) is 9.59 Å². The number of aromatic nitrogens is 1. The number of thiazole rings is 1. The maximum absolute atomic E-state index is 11.4. The number of hydrogen-bond acceptors (Lipinski definition) is 7. The summed E-state index contributed by atoms with van der Waals surface area (Å²) in [5, 5.41) is 12.7. The van der Waals surface area contributed by atoms with Gasteiger partial charge in [0.1, 0.15) is 6.61 Å². The minimum atomic E-state index is -0.652. The Kier molecular flexibility index (Phi) is 8.05. The third-order valence-corrected chi connectivity index (χ3v) is 3.13. The molecule has 2 amide bonds. The van der Waals surface area contributed by atoms with Gasteiger partial charge >= 0.3 is 6.09 Å². The Balaban J connectivity index is 2.36. The van der Waals surface area contributed by atoms with E-state index in [-0.39, 0.29) is 13.0 Å². The number of halogens is 1. The Bertz CT molecular complexity index is 555. The molecular weight excluding hydrogens is 382 g/mol. The van der Waals surface area contributed by atoms with Crippen molar-refractivity contribution in [3.8, 4) is 0 Å². The van der Waals surface area contributed by atoms with Gasteiger partial charge in [0.05, 0.1) is 12.1 Å². The molecule has 0 spiro atoms. The zero-order chi connectivity index (χ0) is 15.7. The predicted molar refractivity (Wildman–Crippen MR) is 85.9 cm³/mol. The summed E-state index contributed by atoms with van der Waals surface area (Å²) in [5.74, 6) is -0.581. The van der Waals surface area contributed by atoms with Gasteiger partial charge in [0, 0.05) is 9.19 Å². The summed E-state index contributed by atoms with van der Waals surface area (Å²) in [6, 6.07) is 0. The largest absolute Gasteiger partial charge is 0.445 e. The topological polar surface area (TPSA) is 101 Å². The van der Waals surface area contributed by atoms with Crippen LogP contribution in [0.4, 0.5) is 9.93 Å². The zero-order valence-corrected chi connectivity index (χ0v) is 13.9. The van der Waals surface area contributed by atoms with Gasteiger partial charge < -0.3 is 4.74 Å². The van der Waals surface area contributed by atoms with E-state index in [1.165, 1.54) is 5.48 Å². The van der Waals surface area contributed by atoms with E-state index >= 15 is 0 Å². The second-order valence-corrected chi connectivity index (χ2v) is 6.30. The fourth-order valence-electron chi connectivity index (χ4n) is 1.10. The molecule has 0 aliphatic rings. The van der Waals surface area contributed by atoms with E-state index in [0.29, 0.717) is 14.6 Å². The van der Waals surface area contributed by atoms with Crippen molar-refractivity contribution >= 4 is 57.0 Å². The first-order chi connectivity index (χ1) is 10.0. The van der Waals surface area contributed by atoms with Crippen LogP contribution in [0.15, 0.2) is 27.4 Å². The molecule has 10 heteroatoms. The lowest BCUT2D eigenvalue weighted by Gasteiger charge is -2.01. The molecule has 0 fully saturated rings. The number of thiol groups is 1. The highest BCUT2D eigenvalue weighted by Crippen LogP contribution is 2.16. The molecule has 1 rings (SSSR count). The van der Waals surface area contributed by atoms with Crippen molar-refractivity contribution in [1.82, 2.24) is 10.5 Å². The highest BCUT2D eigenvalue weighted by atomic mass is 79.9. The zero-order valence-electron chi connectivity index (χ0n) is 10.6. The molecule has 114 valence electrons.